The van der Waals surface area contributed by atoms with Crippen LogP contribution in [0, 0.1) is 6.92 Å². The summed E-state index contributed by atoms with van der Waals surface area (Å²) in [5, 5.41) is 9.06. The van der Waals surface area contributed by atoms with Crippen molar-refractivity contribution >= 4 is 29.6 Å². The highest BCUT2D eigenvalue weighted by molar-refractivity contribution is 6.35. The van der Waals surface area contributed by atoms with Crippen LogP contribution >= 0.6 is 0 Å². The number of rotatable bonds is 9. The van der Waals surface area contributed by atoms with E-state index in [2.05, 4.69) is 21.2 Å². The van der Waals surface area contributed by atoms with E-state index in [1.165, 1.54) is 6.21 Å². The molecule has 0 fully saturated rings. The van der Waals surface area contributed by atoms with Gasteiger partial charge in [-0.1, -0.05) is 18.2 Å². The summed E-state index contributed by atoms with van der Waals surface area (Å²) in [5.74, 6) is -1.11. The molecule has 0 radical (unpaired) electrons. The predicted octanol–water partition coefficient (Wildman–Crippen LogP) is 2.39. The largest absolute Gasteiger partial charge is 0.490 e. The van der Waals surface area contributed by atoms with Gasteiger partial charge in [0.1, 0.15) is 0 Å². The first-order valence-corrected chi connectivity index (χ1v) is 10.2. The van der Waals surface area contributed by atoms with Gasteiger partial charge < -0.3 is 20.1 Å². The maximum atomic E-state index is 12.2. The summed E-state index contributed by atoms with van der Waals surface area (Å²) >= 11 is 0. The normalized spacial score (nSPS) is 10.7. The van der Waals surface area contributed by atoms with Crippen LogP contribution in [-0.4, -0.2) is 43.2 Å². The van der Waals surface area contributed by atoms with Crippen molar-refractivity contribution in [2.45, 2.75) is 33.7 Å². The van der Waals surface area contributed by atoms with Crippen LogP contribution in [-0.2, 0) is 14.4 Å². The lowest BCUT2D eigenvalue weighted by Gasteiger charge is -2.13. The van der Waals surface area contributed by atoms with Gasteiger partial charge in [0.15, 0.2) is 18.1 Å². The lowest BCUT2D eigenvalue weighted by molar-refractivity contribution is -0.139. The van der Waals surface area contributed by atoms with E-state index < -0.39 is 11.8 Å². The van der Waals surface area contributed by atoms with Gasteiger partial charge >= 0.3 is 11.8 Å². The van der Waals surface area contributed by atoms with E-state index in [1.54, 1.807) is 32.0 Å². The number of carbonyl (C=O) groups is 3. The molecule has 9 heteroatoms. The van der Waals surface area contributed by atoms with Gasteiger partial charge in [-0.2, -0.15) is 5.10 Å². The minimum Gasteiger partial charge on any atom is -0.490 e. The SMILES string of the molecule is CCOc1cc(/C=N\NC(=O)C(=O)NC(C)C)ccc1OCC(=O)Nc1ccccc1C. The van der Waals surface area contributed by atoms with Crippen LogP contribution in [0.1, 0.15) is 31.9 Å². The van der Waals surface area contributed by atoms with Gasteiger partial charge in [0, 0.05) is 11.7 Å². The second-order valence-electron chi connectivity index (χ2n) is 7.12. The summed E-state index contributed by atoms with van der Waals surface area (Å²) in [6.07, 6.45) is 1.37. The van der Waals surface area contributed by atoms with Crippen LogP contribution in [0.15, 0.2) is 47.6 Å². The van der Waals surface area contributed by atoms with Crippen molar-refractivity contribution in [3.8, 4) is 11.5 Å². The van der Waals surface area contributed by atoms with E-state index in [0.717, 1.165) is 11.3 Å². The first-order valence-electron chi connectivity index (χ1n) is 10.2. The molecule has 0 aromatic heterocycles. The number of para-hydroxylation sites is 1. The lowest BCUT2D eigenvalue weighted by Crippen LogP contribution is -2.41. The minimum atomic E-state index is -0.861. The molecule has 32 heavy (non-hydrogen) atoms. The van der Waals surface area contributed by atoms with E-state index >= 15 is 0 Å². The van der Waals surface area contributed by atoms with Crippen molar-refractivity contribution < 1.29 is 23.9 Å². The molecular weight excluding hydrogens is 412 g/mol. The molecule has 0 bridgehead atoms. The molecule has 2 aromatic carbocycles. The monoisotopic (exact) mass is 440 g/mol. The molecule has 9 nitrogen and oxygen atoms in total. The van der Waals surface area contributed by atoms with Crippen molar-refractivity contribution in [1.29, 1.82) is 0 Å². The number of hydrazone groups is 1. The van der Waals surface area contributed by atoms with E-state index in [9.17, 15) is 14.4 Å². The zero-order valence-electron chi connectivity index (χ0n) is 18.6. The van der Waals surface area contributed by atoms with Crippen molar-refractivity contribution in [3.05, 3.63) is 53.6 Å². The van der Waals surface area contributed by atoms with Gasteiger partial charge in [-0.3, -0.25) is 14.4 Å². The topological polar surface area (TPSA) is 118 Å². The van der Waals surface area contributed by atoms with Gasteiger partial charge in [-0.05, 0) is 63.1 Å². The molecular formula is C23H28N4O5. The van der Waals surface area contributed by atoms with Crippen molar-refractivity contribution in [2.24, 2.45) is 5.10 Å². The Balaban J connectivity index is 1.98. The third-order valence-corrected chi connectivity index (χ3v) is 4.05. The maximum Gasteiger partial charge on any atom is 0.329 e. The average Bonchev–Trinajstić information content (AvgIpc) is 2.74. The zero-order valence-corrected chi connectivity index (χ0v) is 18.6. The molecule has 0 aliphatic carbocycles. The molecule has 0 saturated heterocycles. The second kappa shape index (κ2) is 12.1. The van der Waals surface area contributed by atoms with E-state index in [1.807, 2.05) is 38.1 Å². The number of carbonyl (C=O) groups excluding carboxylic acids is 3. The van der Waals surface area contributed by atoms with Crippen LogP contribution < -0.4 is 25.5 Å². The Morgan fingerprint density at radius 3 is 2.47 bits per heavy atom. The summed E-state index contributed by atoms with van der Waals surface area (Å²) < 4.78 is 11.2. The molecule has 2 rings (SSSR count). The molecule has 0 heterocycles. The minimum absolute atomic E-state index is 0.155. The Kier molecular flexibility index (Phi) is 9.22. The van der Waals surface area contributed by atoms with Gasteiger partial charge in [0.25, 0.3) is 5.91 Å². The van der Waals surface area contributed by atoms with Crippen LogP contribution in [0.25, 0.3) is 0 Å². The first kappa shape index (κ1) is 24.4. The summed E-state index contributed by atoms with van der Waals surface area (Å²) in [5.41, 5.74) is 4.45. The van der Waals surface area contributed by atoms with E-state index in [4.69, 9.17) is 9.47 Å². The number of nitrogens with zero attached hydrogens (tertiary/aromatic N) is 1. The van der Waals surface area contributed by atoms with Crippen molar-refractivity contribution in [1.82, 2.24) is 10.7 Å². The number of anilines is 1. The van der Waals surface area contributed by atoms with Crippen LogP contribution in [0.3, 0.4) is 0 Å². The molecule has 3 amide bonds. The van der Waals surface area contributed by atoms with Crippen molar-refractivity contribution in [2.75, 3.05) is 18.5 Å². The molecule has 2 aromatic rings. The van der Waals surface area contributed by atoms with Gasteiger partial charge in [0.05, 0.1) is 12.8 Å². The van der Waals surface area contributed by atoms with Gasteiger partial charge in [0.2, 0.25) is 0 Å². The molecule has 0 atom stereocenters. The molecule has 0 aliphatic heterocycles. The lowest BCUT2D eigenvalue weighted by atomic mass is 10.2. The summed E-state index contributed by atoms with van der Waals surface area (Å²) in [4.78, 5) is 35.5. The number of hydrogen-bond donors (Lipinski definition) is 3. The fourth-order valence-electron chi connectivity index (χ4n) is 2.58. The first-order chi connectivity index (χ1) is 15.3. The molecule has 0 aliphatic rings. The summed E-state index contributed by atoms with van der Waals surface area (Å²) in [6.45, 7) is 7.42. The van der Waals surface area contributed by atoms with Crippen LogP contribution in [0.2, 0.25) is 0 Å². The fraction of sp³-hybridized carbons (Fsp3) is 0.304. The highest BCUT2D eigenvalue weighted by Gasteiger charge is 2.13. The zero-order chi connectivity index (χ0) is 23.5. The number of nitrogens with one attached hydrogen (secondary N) is 3. The molecule has 0 unspecified atom stereocenters. The van der Waals surface area contributed by atoms with Gasteiger partial charge in [-0.15, -0.1) is 0 Å². The molecule has 0 spiro atoms. The van der Waals surface area contributed by atoms with E-state index in [-0.39, 0.29) is 18.6 Å². The highest BCUT2D eigenvalue weighted by Crippen LogP contribution is 2.28. The van der Waals surface area contributed by atoms with Gasteiger partial charge in [-0.25, -0.2) is 5.43 Å². The molecule has 0 saturated carbocycles. The third kappa shape index (κ3) is 7.75. The summed E-state index contributed by atoms with van der Waals surface area (Å²) in [7, 11) is 0. The number of benzene rings is 2. The van der Waals surface area contributed by atoms with Crippen molar-refractivity contribution in [3.63, 3.8) is 0 Å². The van der Waals surface area contributed by atoms with E-state index in [0.29, 0.717) is 23.7 Å². The Hall–Kier alpha value is -3.88. The number of aryl methyl sites for hydroxylation is 1. The summed E-state index contributed by atoms with van der Waals surface area (Å²) in [6, 6.07) is 12.3. The standard InChI is InChI=1S/C23H28N4O5/c1-5-31-20-12-17(13-24-27-23(30)22(29)25-15(2)3)10-11-19(20)32-14-21(28)26-18-9-7-6-8-16(18)4/h6-13,15H,5,14H2,1-4H3,(H,25,29)(H,26,28)(H,27,30)/b24-13-. The van der Waals surface area contributed by atoms with Crippen LogP contribution in [0.5, 0.6) is 11.5 Å². The fourth-order valence-corrected chi connectivity index (χ4v) is 2.58. The second-order valence-corrected chi connectivity index (χ2v) is 7.12. The smallest absolute Gasteiger partial charge is 0.329 e. The van der Waals surface area contributed by atoms with Crippen LogP contribution in [0.4, 0.5) is 5.69 Å². The number of ether oxygens (including phenoxy) is 2. The maximum absolute atomic E-state index is 12.2. The Bertz CT molecular complexity index is 988. The molecule has 3 N–H and O–H groups in total. The Morgan fingerprint density at radius 1 is 1.03 bits per heavy atom. The molecule has 170 valence electrons. The highest BCUT2D eigenvalue weighted by atomic mass is 16.5. The average molecular weight is 441 g/mol. The predicted molar refractivity (Wildman–Crippen MR) is 122 cm³/mol. The number of amides is 3. The quantitative estimate of drug-likeness (QED) is 0.314. The number of hydrogen-bond acceptors (Lipinski definition) is 6. The third-order valence-electron chi connectivity index (χ3n) is 4.05. The Labute approximate surface area is 187 Å². The Morgan fingerprint density at radius 2 is 1.78 bits per heavy atom.